The number of ether oxygens (including phenoxy) is 1. The Morgan fingerprint density at radius 3 is 2.83 bits per heavy atom. The molecule has 1 N–H and O–H groups in total. The topological polar surface area (TPSA) is 51.2 Å². The predicted octanol–water partition coefficient (Wildman–Crippen LogP) is 2.62. The molecule has 2 aromatic rings. The van der Waals surface area contributed by atoms with Crippen LogP contribution in [-0.2, 0) is 6.42 Å². The van der Waals surface area contributed by atoms with Crippen LogP contribution in [0.5, 0.6) is 5.75 Å². The lowest BCUT2D eigenvalue weighted by molar-refractivity contribution is 0.0953. The van der Waals surface area contributed by atoms with Crippen LogP contribution in [0.15, 0.2) is 61.3 Å². The van der Waals surface area contributed by atoms with Crippen molar-refractivity contribution in [2.75, 3.05) is 13.2 Å². The van der Waals surface area contributed by atoms with Crippen LogP contribution >= 0.6 is 0 Å². The van der Waals surface area contributed by atoms with E-state index in [0.29, 0.717) is 5.69 Å². The fraction of sp³-hybridized carbons (Fsp3) is 0.158. The minimum absolute atomic E-state index is 0.239. The molecule has 0 atom stereocenters. The third-order valence-electron chi connectivity index (χ3n) is 3.00. The van der Waals surface area contributed by atoms with Crippen molar-refractivity contribution in [3.05, 3.63) is 72.6 Å². The smallest absolute Gasteiger partial charge is 0.270 e. The van der Waals surface area contributed by atoms with E-state index in [-0.39, 0.29) is 19.1 Å². The monoisotopic (exact) mass is 306 g/mol. The van der Waals surface area contributed by atoms with E-state index in [1.165, 1.54) is 0 Å². The molecule has 0 saturated heterocycles. The highest BCUT2D eigenvalue weighted by molar-refractivity contribution is 5.92. The summed E-state index contributed by atoms with van der Waals surface area (Å²) < 4.78 is 5.63. The lowest BCUT2D eigenvalue weighted by Gasteiger charge is -2.07. The predicted molar refractivity (Wildman–Crippen MR) is 90.2 cm³/mol. The van der Waals surface area contributed by atoms with Gasteiger partial charge >= 0.3 is 0 Å². The first-order valence-corrected chi connectivity index (χ1v) is 7.28. The third kappa shape index (κ3) is 5.33. The van der Waals surface area contributed by atoms with Gasteiger partial charge in [-0.05, 0) is 30.2 Å². The molecule has 0 unspecified atom stereocenters. The van der Waals surface area contributed by atoms with E-state index in [0.717, 1.165) is 17.7 Å². The van der Waals surface area contributed by atoms with Crippen LogP contribution in [0.2, 0.25) is 0 Å². The molecule has 0 saturated carbocycles. The zero-order valence-corrected chi connectivity index (χ0v) is 12.8. The van der Waals surface area contributed by atoms with E-state index in [1.54, 1.807) is 24.4 Å². The van der Waals surface area contributed by atoms with Gasteiger partial charge in [0.05, 0.1) is 6.54 Å². The van der Waals surface area contributed by atoms with Crippen molar-refractivity contribution >= 4 is 5.91 Å². The van der Waals surface area contributed by atoms with Crippen LogP contribution in [0.25, 0.3) is 0 Å². The fourth-order valence-corrected chi connectivity index (χ4v) is 1.91. The highest BCUT2D eigenvalue weighted by Crippen LogP contribution is 2.18. The number of para-hydroxylation sites is 1. The summed E-state index contributed by atoms with van der Waals surface area (Å²) in [5.74, 6) is 6.30. The lowest BCUT2D eigenvalue weighted by Crippen LogP contribution is -2.24. The van der Waals surface area contributed by atoms with Crippen LogP contribution in [0.3, 0.4) is 0 Å². The Kier molecular flexibility index (Phi) is 6.43. The molecule has 4 heteroatoms. The maximum absolute atomic E-state index is 11.7. The molecule has 1 amide bonds. The van der Waals surface area contributed by atoms with Crippen molar-refractivity contribution < 1.29 is 9.53 Å². The van der Waals surface area contributed by atoms with E-state index >= 15 is 0 Å². The van der Waals surface area contributed by atoms with E-state index in [4.69, 9.17) is 4.74 Å². The van der Waals surface area contributed by atoms with Gasteiger partial charge in [-0.15, -0.1) is 6.58 Å². The van der Waals surface area contributed by atoms with Crippen LogP contribution in [0.1, 0.15) is 16.1 Å². The Hall–Kier alpha value is -3.06. The van der Waals surface area contributed by atoms with Gasteiger partial charge in [-0.1, -0.05) is 42.2 Å². The fourth-order valence-electron chi connectivity index (χ4n) is 1.91. The molecule has 1 aromatic carbocycles. The number of carbonyl (C=O) groups excluding carboxylic acids is 1. The molecular formula is C19H18N2O2. The Morgan fingerprint density at radius 1 is 1.22 bits per heavy atom. The van der Waals surface area contributed by atoms with E-state index in [1.807, 2.05) is 30.3 Å². The number of hydrogen-bond acceptors (Lipinski definition) is 3. The summed E-state index contributed by atoms with van der Waals surface area (Å²) in [6.07, 6.45) is 4.17. The zero-order chi connectivity index (χ0) is 16.3. The summed E-state index contributed by atoms with van der Waals surface area (Å²) in [6.45, 7) is 4.26. The first-order valence-electron chi connectivity index (χ1n) is 7.28. The molecule has 0 aliphatic heterocycles. The number of benzene rings is 1. The quantitative estimate of drug-likeness (QED) is 0.659. The Morgan fingerprint density at radius 2 is 2.04 bits per heavy atom. The Balaban J connectivity index is 1.76. The SMILES string of the molecule is C=CCc1ccccc1OCC#CCNC(=O)c1ccccn1. The normalized spacial score (nSPS) is 9.39. The average Bonchev–Trinajstić information content (AvgIpc) is 2.60. The second-order valence-corrected chi connectivity index (χ2v) is 4.64. The minimum atomic E-state index is -0.239. The van der Waals surface area contributed by atoms with Gasteiger partial charge in [-0.3, -0.25) is 9.78 Å². The molecule has 0 fully saturated rings. The summed E-state index contributed by atoms with van der Waals surface area (Å²) >= 11 is 0. The largest absolute Gasteiger partial charge is 0.481 e. The molecule has 4 nitrogen and oxygen atoms in total. The van der Waals surface area contributed by atoms with Crippen LogP contribution in [0.4, 0.5) is 0 Å². The van der Waals surface area contributed by atoms with Gasteiger partial charge in [0.1, 0.15) is 18.1 Å². The minimum Gasteiger partial charge on any atom is -0.481 e. The van der Waals surface area contributed by atoms with E-state index in [9.17, 15) is 4.79 Å². The maximum atomic E-state index is 11.7. The molecule has 1 aromatic heterocycles. The second-order valence-electron chi connectivity index (χ2n) is 4.64. The van der Waals surface area contributed by atoms with Crippen molar-refractivity contribution in [2.45, 2.75) is 6.42 Å². The van der Waals surface area contributed by atoms with Crippen molar-refractivity contribution in [3.63, 3.8) is 0 Å². The molecular weight excluding hydrogens is 288 g/mol. The number of rotatable bonds is 6. The number of amides is 1. The molecule has 116 valence electrons. The van der Waals surface area contributed by atoms with Gasteiger partial charge in [0.15, 0.2) is 0 Å². The van der Waals surface area contributed by atoms with E-state index in [2.05, 4.69) is 28.7 Å². The Bertz CT molecular complexity index is 715. The van der Waals surface area contributed by atoms with Crippen molar-refractivity contribution in [1.82, 2.24) is 10.3 Å². The van der Waals surface area contributed by atoms with Gasteiger partial charge in [0, 0.05) is 6.20 Å². The summed E-state index contributed by atoms with van der Waals surface area (Å²) in [6, 6.07) is 13.0. The van der Waals surface area contributed by atoms with Crippen molar-refractivity contribution in [1.29, 1.82) is 0 Å². The summed E-state index contributed by atoms with van der Waals surface area (Å²) in [4.78, 5) is 15.7. The molecule has 0 radical (unpaired) electrons. The van der Waals surface area contributed by atoms with Gasteiger partial charge in [0.2, 0.25) is 0 Å². The number of aromatic nitrogens is 1. The number of allylic oxidation sites excluding steroid dienone is 1. The first kappa shape index (κ1) is 16.3. The molecule has 0 spiro atoms. The molecule has 0 aliphatic carbocycles. The van der Waals surface area contributed by atoms with Crippen molar-refractivity contribution in [2.24, 2.45) is 0 Å². The average molecular weight is 306 g/mol. The maximum Gasteiger partial charge on any atom is 0.270 e. The third-order valence-corrected chi connectivity index (χ3v) is 3.00. The van der Waals surface area contributed by atoms with Crippen molar-refractivity contribution in [3.8, 4) is 17.6 Å². The number of carbonyl (C=O) groups is 1. The van der Waals surface area contributed by atoms with Crippen LogP contribution in [-0.4, -0.2) is 24.0 Å². The summed E-state index contributed by atoms with van der Waals surface area (Å²) in [5, 5.41) is 2.69. The molecule has 2 rings (SSSR count). The van der Waals surface area contributed by atoms with Crippen LogP contribution in [0, 0.1) is 11.8 Å². The summed E-state index contributed by atoms with van der Waals surface area (Å²) in [7, 11) is 0. The molecule has 0 aliphatic rings. The Labute approximate surface area is 136 Å². The summed E-state index contributed by atoms with van der Waals surface area (Å²) in [5.41, 5.74) is 1.46. The highest BCUT2D eigenvalue weighted by Gasteiger charge is 2.03. The number of pyridine rings is 1. The van der Waals surface area contributed by atoms with Gasteiger partial charge in [-0.25, -0.2) is 0 Å². The molecule has 1 heterocycles. The second kappa shape index (κ2) is 9.06. The number of nitrogens with one attached hydrogen (secondary N) is 1. The van der Waals surface area contributed by atoms with Gasteiger partial charge < -0.3 is 10.1 Å². The standard InChI is InChI=1S/C19H18N2O2/c1-2-9-16-10-3-4-12-18(16)23-15-8-7-14-21-19(22)17-11-5-6-13-20-17/h2-6,10-13H,1,9,14-15H2,(H,21,22). The highest BCUT2D eigenvalue weighted by atomic mass is 16.5. The number of nitrogens with zero attached hydrogens (tertiary/aromatic N) is 1. The van der Waals surface area contributed by atoms with Crippen LogP contribution < -0.4 is 10.1 Å². The van der Waals surface area contributed by atoms with Gasteiger partial charge in [0.25, 0.3) is 5.91 Å². The molecule has 23 heavy (non-hydrogen) atoms. The van der Waals surface area contributed by atoms with E-state index < -0.39 is 0 Å². The van der Waals surface area contributed by atoms with Gasteiger partial charge in [-0.2, -0.15) is 0 Å². The molecule has 0 bridgehead atoms. The lowest BCUT2D eigenvalue weighted by atomic mass is 10.1. The number of hydrogen-bond donors (Lipinski definition) is 1. The zero-order valence-electron chi connectivity index (χ0n) is 12.8. The first-order chi connectivity index (χ1) is 11.3.